The van der Waals surface area contributed by atoms with Gasteiger partial charge in [0.1, 0.15) is 6.04 Å². The zero-order valence-corrected chi connectivity index (χ0v) is 12.6. The number of sulfonamides is 1. The minimum atomic E-state index is -3.99. The molecule has 8 heteroatoms. The molecule has 1 unspecified atom stereocenters. The molecule has 1 aromatic carbocycles. The molecule has 2 N–H and O–H groups in total. The quantitative estimate of drug-likeness (QED) is 0.870. The molecule has 0 aliphatic carbocycles. The molecule has 5 nitrogen and oxygen atoms in total. The Hall–Kier alpha value is -0.820. The van der Waals surface area contributed by atoms with Crippen molar-refractivity contribution < 1.29 is 18.3 Å². The summed E-state index contributed by atoms with van der Waals surface area (Å²) in [4.78, 5) is 10.8. The summed E-state index contributed by atoms with van der Waals surface area (Å²) in [6, 6.07) is 2.58. The summed E-state index contributed by atoms with van der Waals surface area (Å²) in [5.74, 6) is -1.64. The van der Waals surface area contributed by atoms with Crippen molar-refractivity contribution >= 4 is 39.2 Å². The van der Waals surface area contributed by atoms with Gasteiger partial charge in [0.25, 0.3) is 0 Å². The molecule has 1 rings (SSSR count). The molecule has 0 aliphatic heterocycles. The second kappa shape index (κ2) is 6.09. The van der Waals surface area contributed by atoms with E-state index >= 15 is 0 Å². The van der Waals surface area contributed by atoms with Crippen LogP contribution in [-0.2, 0) is 14.8 Å². The SMILES string of the molecule is CC(C)C(NS(=O)(=O)c1cc(Cl)cc(Cl)c1)C(=O)O. The number of carboxylic acid groups (broad SMARTS) is 1. The van der Waals surface area contributed by atoms with Gasteiger partial charge in [0.2, 0.25) is 10.0 Å². The van der Waals surface area contributed by atoms with E-state index in [1.165, 1.54) is 18.2 Å². The highest BCUT2D eigenvalue weighted by atomic mass is 35.5. The van der Waals surface area contributed by atoms with Gasteiger partial charge in [0, 0.05) is 10.0 Å². The summed E-state index contributed by atoms with van der Waals surface area (Å²) in [7, 11) is -3.99. The summed E-state index contributed by atoms with van der Waals surface area (Å²) in [6.07, 6.45) is 0. The molecule has 1 atom stereocenters. The predicted octanol–water partition coefficient (Wildman–Crippen LogP) is 2.38. The van der Waals surface area contributed by atoms with Gasteiger partial charge < -0.3 is 5.11 Å². The minimum absolute atomic E-state index is 0.157. The summed E-state index contributed by atoms with van der Waals surface area (Å²) in [5, 5.41) is 9.30. The van der Waals surface area contributed by atoms with Gasteiger partial charge in [0.15, 0.2) is 0 Å². The fraction of sp³-hybridized carbons (Fsp3) is 0.364. The van der Waals surface area contributed by atoms with Crippen LogP contribution in [0.2, 0.25) is 10.0 Å². The molecule has 0 fully saturated rings. The van der Waals surface area contributed by atoms with E-state index in [-0.39, 0.29) is 14.9 Å². The topological polar surface area (TPSA) is 83.5 Å². The Labute approximate surface area is 121 Å². The maximum atomic E-state index is 12.1. The fourth-order valence-electron chi connectivity index (χ4n) is 1.39. The Bertz CT molecular complexity index is 566. The third-order valence-corrected chi connectivity index (χ3v) is 4.22. The summed E-state index contributed by atoms with van der Waals surface area (Å²) in [5.41, 5.74) is 0. The van der Waals surface area contributed by atoms with Crippen molar-refractivity contribution in [2.24, 2.45) is 5.92 Å². The van der Waals surface area contributed by atoms with Gasteiger partial charge in [-0.25, -0.2) is 8.42 Å². The molecule has 0 aliphatic rings. The van der Waals surface area contributed by atoms with E-state index in [0.29, 0.717) is 0 Å². The largest absolute Gasteiger partial charge is 0.480 e. The van der Waals surface area contributed by atoms with Gasteiger partial charge in [-0.1, -0.05) is 37.0 Å². The molecule has 0 saturated heterocycles. The normalized spacial score (nSPS) is 13.5. The molecule has 0 saturated carbocycles. The van der Waals surface area contributed by atoms with Crippen LogP contribution in [0.3, 0.4) is 0 Å². The lowest BCUT2D eigenvalue weighted by Crippen LogP contribution is -2.44. The molecular formula is C11H13Cl2NO4S. The number of hydrogen-bond acceptors (Lipinski definition) is 3. The van der Waals surface area contributed by atoms with Crippen molar-refractivity contribution in [1.29, 1.82) is 0 Å². The average molecular weight is 326 g/mol. The lowest BCUT2D eigenvalue weighted by Gasteiger charge is -2.18. The lowest BCUT2D eigenvalue weighted by atomic mass is 10.1. The van der Waals surface area contributed by atoms with Crippen molar-refractivity contribution in [2.45, 2.75) is 24.8 Å². The Morgan fingerprint density at radius 3 is 2.05 bits per heavy atom. The van der Waals surface area contributed by atoms with Crippen LogP contribution in [0.25, 0.3) is 0 Å². The number of hydrogen-bond donors (Lipinski definition) is 2. The maximum absolute atomic E-state index is 12.1. The van der Waals surface area contributed by atoms with E-state index in [0.717, 1.165) is 0 Å². The Morgan fingerprint density at radius 1 is 1.21 bits per heavy atom. The summed E-state index contributed by atoms with van der Waals surface area (Å²) in [6.45, 7) is 3.21. The first kappa shape index (κ1) is 16.2. The summed E-state index contributed by atoms with van der Waals surface area (Å²) >= 11 is 11.4. The molecule has 0 bridgehead atoms. The lowest BCUT2D eigenvalue weighted by molar-refractivity contribution is -0.140. The number of halogens is 2. The van der Waals surface area contributed by atoms with Crippen LogP contribution >= 0.6 is 23.2 Å². The van der Waals surface area contributed by atoms with Gasteiger partial charge in [-0.15, -0.1) is 0 Å². The molecule has 0 radical (unpaired) electrons. The minimum Gasteiger partial charge on any atom is -0.480 e. The number of nitrogens with one attached hydrogen (secondary N) is 1. The first-order valence-electron chi connectivity index (χ1n) is 5.34. The maximum Gasteiger partial charge on any atom is 0.322 e. The number of carboxylic acids is 1. The zero-order chi connectivity index (χ0) is 14.8. The molecule has 0 amide bonds. The molecule has 0 heterocycles. The Morgan fingerprint density at radius 2 is 1.68 bits per heavy atom. The van der Waals surface area contributed by atoms with Crippen molar-refractivity contribution in [1.82, 2.24) is 4.72 Å². The molecule has 0 spiro atoms. The Kier molecular flexibility index (Phi) is 5.20. The second-order valence-electron chi connectivity index (χ2n) is 4.29. The molecule has 19 heavy (non-hydrogen) atoms. The van der Waals surface area contributed by atoms with Crippen LogP contribution in [0, 0.1) is 5.92 Å². The van der Waals surface area contributed by atoms with Crippen molar-refractivity contribution in [3.05, 3.63) is 28.2 Å². The molecule has 1 aromatic rings. The first-order chi connectivity index (χ1) is 8.63. The van der Waals surface area contributed by atoms with Crippen LogP contribution in [0.5, 0.6) is 0 Å². The van der Waals surface area contributed by atoms with E-state index in [9.17, 15) is 13.2 Å². The standard InChI is InChI=1S/C11H13Cl2NO4S/c1-6(2)10(11(15)16)14-19(17,18)9-4-7(12)3-8(13)5-9/h3-6,10,14H,1-2H3,(H,15,16). The van der Waals surface area contributed by atoms with Gasteiger partial charge in [0.05, 0.1) is 4.90 Å². The molecular weight excluding hydrogens is 313 g/mol. The fourth-order valence-corrected chi connectivity index (χ4v) is 3.45. The molecule has 106 valence electrons. The number of aliphatic carboxylic acids is 1. The van der Waals surface area contributed by atoms with Crippen molar-refractivity contribution in [3.63, 3.8) is 0 Å². The number of benzene rings is 1. The van der Waals surface area contributed by atoms with Gasteiger partial charge in [-0.05, 0) is 24.1 Å². The molecule has 0 aromatic heterocycles. The third-order valence-electron chi connectivity index (χ3n) is 2.36. The smallest absolute Gasteiger partial charge is 0.322 e. The van der Waals surface area contributed by atoms with Crippen molar-refractivity contribution in [2.75, 3.05) is 0 Å². The van der Waals surface area contributed by atoms with Crippen LogP contribution < -0.4 is 4.72 Å². The van der Waals surface area contributed by atoms with Gasteiger partial charge >= 0.3 is 5.97 Å². The monoisotopic (exact) mass is 325 g/mol. The number of carbonyl (C=O) groups is 1. The highest BCUT2D eigenvalue weighted by molar-refractivity contribution is 7.89. The van der Waals surface area contributed by atoms with Crippen LogP contribution in [0.1, 0.15) is 13.8 Å². The highest BCUT2D eigenvalue weighted by Crippen LogP contribution is 2.22. The predicted molar refractivity (Wildman–Crippen MR) is 73.0 cm³/mol. The van der Waals surface area contributed by atoms with Crippen LogP contribution in [0.4, 0.5) is 0 Å². The summed E-state index contributed by atoms with van der Waals surface area (Å²) < 4.78 is 26.2. The first-order valence-corrected chi connectivity index (χ1v) is 7.58. The number of rotatable bonds is 5. The van der Waals surface area contributed by atoms with Crippen LogP contribution in [0.15, 0.2) is 23.1 Å². The zero-order valence-electron chi connectivity index (χ0n) is 10.2. The third kappa shape index (κ3) is 4.35. The van der Waals surface area contributed by atoms with E-state index in [4.69, 9.17) is 28.3 Å². The van der Waals surface area contributed by atoms with E-state index < -0.39 is 28.0 Å². The average Bonchev–Trinajstić information content (AvgIpc) is 2.23. The van der Waals surface area contributed by atoms with E-state index in [2.05, 4.69) is 4.72 Å². The highest BCUT2D eigenvalue weighted by Gasteiger charge is 2.28. The van der Waals surface area contributed by atoms with Crippen molar-refractivity contribution in [3.8, 4) is 0 Å². The van der Waals surface area contributed by atoms with Gasteiger partial charge in [-0.3, -0.25) is 4.79 Å². The van der Waals surface area contributed by atoms with E-state index in [1.54, 1.807) is 13.8 Å². The second-order valence-corrected chi connectivity index (χ2v) is 6.87. The van der Waals surface area contributed by atoms with Gasteiger partial charge in [-0.2, -0.15) is 4.72 Å². The Balaban J connectivity index is 3.13. The van der Waals surface area contributed by atoms with Crippen LogP contribution in [-0.4, -0.2) is 25.5 Å². The van der Waals surface area contributed by atoms with E-state index in [1.807, 2.05) is 0 Å².